The van der Waals surface area contributed by atoms with Gasteiger partial charge in [-0.15, -0.1) is 0 Å². The molecule has 0 saturated carbocycles. The molecule has 3 N–H and O–H groups in total. The van der Waals surface area contributed by atoms with E-state index in [1.165, 1.54) is 0 Å². The summed E-state index contributed by atoms with van der Waals surface area (Å²) in [6.07, 6.45) is 0.945. The zero-order chi connectivity index (χ0) is 15.0. The maximum absolute atomic E-state index is 11.7. The number of amides is 1. The number of nitrogens with one attached hydrogen (secondary N) is 1. The van der Waals surface area contributed by atoms with Crippen LogP contribution in [0.25, 0.3) is 0 Å². The third-order valence-corrected chi connectivity index (χ3v) is 4.30. The minimum atomic E-state index is -0.995. The molecule has 5 nitrogen and oxygen atoms in total. The molecule has 1 atom stereocenters. The Morgan fingerprint density at radius 3 is 2.85 bits per heavy atom. The van der Waals surface area contributed by atoms with Crippen LogP contribution in [0.5, 0.6) is 0 Å². The van der Waals surface area contributed by atoms with Gasteiger partial charge < -0.3 is 15.8 Å². The Kier molecular flexibility index (Phi) is 7.58. The molecule has 0 aliphatic heterocycles. The molecule has 1 aromatic carbocycles. The van der Waals surface area contributed by atoms with Gasteiger partial charge in [-0.25, -0.2) is 0 Å². The highest BCUT2D eigenvalue weighted by atomic mass is 35.5. The fourth-order valence-corrected chi connectivity index (χ4v) is 2.69. The van der Waals surface area contributed by atoms with Crippen molar-refractivity contribution in [3.8, 4) is 0 Å². The van der Waals surface area contributed by atoms with Gasteiger partial charge in [0, 0.05) is 48.1 Å². The maximum atomic E-state index is 11.7. The Labute approximate surface area is 126 Å². The van der Waals surface area contributed by atoms with Gasteiger partial charge in [-0.1, -0.05) is 11.6 Å². The molecule has 0 fully saturated rings. The molecule has 0 bridgehead atoms. The number of rotatable bonds is 8. The van der Waals surface area contributed by atoms with Gasteiger partial charge in [0.25, 0.3) is 0 Å². The number of hydrogen-bond acceptors (Lipinski definition) is 4. The van der Waals surface area contributed by atoms with E-state index in [-0.39, 0.29) is 12.3 Å². The fraction of sp³-hybridized carbons (Fsp3) is 0.462. The highest BCUT2D eigenvalue weighted by Gasteiger charge is 2.07. The molecule has 1 aromatic rings. The van der Waals surface area contributed by atoms with Gasteiger partial charge in [0.2, 0.25) is 5.91 Å². The van der Waals surface area contributed by atoms with Crippen molar-refractivity contribution in [1.82, 2.24) is 0 Å². The first kappa shape index (κ1) is 16.9. The van der Waals surface area contributed by atoms with E-state index >= 15 is 0 Å². The predicted octanol–water partition coefficient (Wildman–Crippen LogP) is 2.04. The Hall–Kier alpha value is -1.11. The van der Waals surface area contributed by atoms with Crippen LogP contribution in [0, 0.1) is 0 Å². The summed E-state index contributed by atoms with van der Waals surface area (Å²) in [6, 6.07) is 4.89. The quantitative estimate of drug-likeness (QED) is 0.567. The summed E-state index contributed by atoms with van der Waals surface area (Å²) in [5, 5.41) is 3.14. The van der Waals surface area contributed by atoms with Crippen LogP contribution in [0.4, 0.5) is 11.4 Å². The molecule has 1 unspecified atom stereocenters. The molecule has 0 spiro atoms. The van der Waals surface area contributed by atoms with Crippen LogP contribution in [0.15, 0.2) is 18.2 Å². The molecular weight excluding hydrogens is 300 g/mol. The number of carbonyl (C=O) groups is 1. The van der Waals surface area contributed by atoms with Crippen molar-refractivity contribution in [1.29, 1.82) is 0 Å². The topological polar surface area (TPSA) is 81.4 Å². The van der Waals surface area contributed by atoms with Crippen LogP contribution in [0.2, 0.25) is 5.02 Å². The first-order valence-corrected chi connectivity index (χ1v) is 8.08. The molecule has 112 valence electrons. The molecule has 0 aliphatic carbocycles. The summed E-state index contributed by atoms with van der Waals surface area (Å²) < 4.78 is 16.5. The minimum Gasteiger partial charge on any atom is -0.397 e. The van der Waals surface area contributed by atoms with Crippen molar-refractivity contribution in [3.63, 3.8) is 0 Å². The van der Waals surface area contributed by atoms with E-state index in [9.17, 15) is 9.00 Å². The molecule has 20 heavy (non-hydrogen) atoms. The summed E-state index contributed by atoms with van der Waals surface area (Å²) in [5.74, 6) is 0.708. The molecule has 0 aliphatic rings. The lowest BCUT2D eigenvalue weighted by atomic mass is 10.2. The van der Waals surface area contributed by atoms with Crippen LogP contribution in [0.1, 0.15) is 12.8 Å². The maximum Gasteiger partial charge on any atom is 0.225 e. The molecule has 0 saturated heterocycles. The number of hydrogen-bond donors (Lipinski definition) is 2. The number of nitrogen functional groups attached to an aromatic ring is 1. The lowest BCUT2D eigenvalue weighted by Gasteiger charge is -2.07. The van der Waals surface area contributed by atoms with Crippen LogP contribution in [-0.2, 0) is 20.3 Å². The van der Waals surface area contributed by atoms with Crippen molar-refractivity contribution in [2.75, 3.05) is 36.3 Å². The van der Waals surface area contributed by atoms with Crippen LogP contribution < -0.4 is 11.1 Å². The third-order valence-electron chi connectivity index (χ3n) is 2.56. The van der Waals surface area contributed by atoms with Crippen molar-refractivity contribution in [2.24, 2.45) is 0 Å². The number of nitrogens with two attached hydrogens (primary N) is 1. The highest BCUT2D eigenvalue weighted by molar-refractivity contribution is 7.84. The number of anilines is 2. The first-order chi connectivity index (χ1) is 9.52. The highest BCUT2D eigenvalue weighted by Crippen LogP contribution is 2.22. The minimum absolute atomic E-state index is 0.188. The fourth-order valence-electron chi connectivity index (χ4n) is 1.52. The van der Waals surface area contributed by atoms with Gasteiger partial charge in [-0.3, -0.25) is 9.00 Å². The van der Waals surface area contributed by atoms with Crippen molar-refractivity contribution in [3.05, 3.63) is 23.2 Å². The van der Waals surface area contributed by atoms with Gasteiger partial charge in [0.05, 0.1) is 10.7 Å². The molecule has 0 heterocycles. The second kappa shape index (κ2) is 8.94. The average Bonchev–Trinajstić information content (AvgIpc) is 2.41. The SMILES string of the molecule is COCCCS(=O)CCC(=O)Nc1ccc(Cl)c(N)c1. The second-order valence-electron chi connectivity index (χ2n) is 4.23. The van der Waals surface area contributed by atoms with Gasteiger partial charge in [0.1, 0.15) is 0 Å². The second-order valence-corrected chi connectivity index (χ2v) is 6.33. The zero-order valence-electron chi connectivity index (χ0n) is 11.4. The lowest BCUT2D eigenvalue weighted by molar-refractivity contribution is -0.115. The molecule has 1 amide bonds. The summed E-state index contributed by atoms with van der Waals surface area (Å²) >= 11 is 5.79. The number of benzene rings is 1. The number of halogens is 1. The van der Waals surface area contributed by atoms with Gasteiger partial charge in [0.15, 0.2) is 0 Å². The third kappa shape index (κ3) is 6.36. The Morgan fingerprint density at radius 2 is 2.20 bits per heavy atom. The summed E-state index contributed by atoms with van der Waals surface area (Å²) in [4.78, 5) is 11.7. The summed E-state index contributed by atoms with van der Waals surface area (Å²) in [6.45, 7) is 0.585. The molecular formula is C13H19ClN2O3S. The van der Waals surface area contributed by atoms with Crippen molar-refractivity contribution < 1.29 is 13.7 Å². The van der Waals surface area contributed by atoms with Crippen LogP contribution >= 0.6 is 11.6 Å². The van der Waals surface area contributed by atoms with Crippen LogP contribution in [0.3, 0.4) is 0 Å². The van der Waals surface area contributed by atoms with E-state index in [1.54, 1.807) is 25.3 Å². The predicted molar refractivity (Wildman–Crippen MR) is 83.5 cm³/mol. The largest absolute Gasteiger partial charge is 0.397 e. The number of methoxy groups -OCH3 is 1. The zero-order valence-corrected chi connectivity index (χ0v) is 12.9. The van der Waals surface area contributed by atoms with E-state index in [1.807, 2.05) is 0 Å². The molecule has 0 radical (unpaired) electrons. The molecule has 0 aromatic heterocycles. The Morgan fingerprint density at radius 1 is 1.45 bits per heavy atom. The van der Waals surface area contributed by atoms with Crippen molar-refractivity contribution in [2.45, 2.75) is 12.8 Å². The lowest BCUT2D eigenvalue weighted by Crippen LogP contribution is -2.16. The van der Waals surface area contributed by atoms with Crippen LogP contribution in [-0.4, -0.2) is 35.3 Å². The van der Waals surface area contributed by atoms with E-state index in [0.29, 0.717) is 34.5 Å². The standard InChI is InChI=1S/C13H19ClN2O3S/c1-19-6-2-7-20(18)8-5-13(17)16-10-3-4-11(14)12(15)9-10/h3-4,9H,2,5-8,15H2,1H3,(H,16,17). The monoisotopic (exact) mass is 318 g/mol. The number of carbonyl (C=O) groups excluding carboxylic acids is 1. The summed E-state index contributed by atoms with van der Waals surface area (Å²) in [5.41, 5.74) is 6.64. The normalized spacial score (nSPS) is 12.1. The average molecular weight is 319 g/mol. The van der Waals surface area contributed by atoms with E-state index in [4.69, 9.17) is 22.1 Å². The first-order valence-electron chi connectivity index (χ1n) is 6.21. The summed E-state index contributed by atoms with van der Waals surface area (Å²) in [7, 11) is 0.611. The van der Waals surface area contributed by atoms with E-state index in [0.717, 1.165) is 6.42 Å². The number of ether oxygens (including phenoxy) is 1. The molecule has 1 rings (SSSR count). The van der Waals surface area contributed by atoms with Gasteiger partial charge >= 0.3 is 0 Å². The van der Waals surface area contributed by atoms with E-state index < -0.39 is 10.8 Å². The Bertz CT molecular complexity index is 483. The van der Waals surface area contributed by atoms with E-state index in [2.05, 4.69) is 5.32 Å². The smallest absolute Gasteiger partial charge is 0.225 e. The van der Waals surface area contributed by atoms with Gasteiger partial charge in [-0.2, -0.15) is 0 Å². The van der Waals surface area contributed by atoms with Gasteiger partial charge in [-0.05, 0) is 24.6 Å². The Balaban J connectivity index is 2.32. The molecule has 7 heteroatoms. The van der Waals surface area contributed by atoms with Crippen molar-refractivity contribution >= 4 is 39.7 Å².